The molecule has 0 radical (unpaired) electrons. The standard InChI is InChI=1S/C12H14BrFO4/c1-12(2,11(16)17)5-6-8(14)4-7(13)10(18-3)9(6)15/h4,15H,5H2,1-3H3,(H,16,17). The van der Waals surface area contributed by atoms with Crippen LogP contribution in [0.3, 0.4) is 0 Å². The van der Waals surface area contributed by atoms with E-state index in [-0.39, 0.29) is 28.0 Å². The molecule has 0 saturated carbocycles. The molecule has 0 fully saturated rings. The molecule has 1 aromatic rings. The van der Waals surface area contributed by atoms with E-state index >= 15 is 0 Å². The van der Waals surface area contributed by atoms with Crippen LogP contribution in [0, 0.1) is 11.2 Å². The SMILES string of the molecule is COc1c(Br)cc(F)c(CC(C)(C)C(=O)O)c1O. The number of phenolic OH excluding ortho intramolecular Hbond substituents is 1. The summed E-state index contributed by atoms with van der Waals surface area (Å²) >= 11 is 3.06. The highest BCUT2D eigenvalue weighted by Gasteiger charge is 2.31. The van der Waals surface area contributed by atoms with E-state index in [2.05, 4.69) is 15.9 Å². The number of methoxy groups -OCH3 is 1. The third-order valence-electron chi connectivity index (χ3n) is 2.66. The van der Waals surface area contributed by atoms with Crippen LogP contribution in [0.25, 0.3) is 0 Å². The van der Waals surface area contributed by atoms with Gasteiger partial charge in [-0.05, 0) is 42.3 Å². The van der Waals surface area contributed by atoms with Crippen LogP contribution < -0.4 is 4.74 Å². The molecule has 100 valence electrons. The minimum absolute atomic E-state index is 0.0672. The summed E-state index contributed by atoms with van der Waals surface area (Å²) < 4.78 is 19.0. The molecule has 0 aromatic heterocycles. The van der Waals surface area contributed by atoms with Crippen LogP contribution in [0.1, 0.15) is 19.4 Å². The minimum atomic E-state index is -1.18. The van der Waals surface area contributed by atoms with Crippen molar-refractivity contribution < 1.29 is 24.1 Å². The molecule has 1 aromatic carbocycles. The van der Waals surface area contributed by atoms with Crippen LogP contribution in [0.4, 0.5) is 4.39 Å². The van der Waals surface area contributed by atoms with Crippen molar-refractivity contribution in [3.63, 3.8) is 0 Å². The summed E-state index contributed by atoms with van der Waals surface area (Å²) in [5.41, 5.74) is -1.25. The van der Waals surface area contributed by atoms with E-state index in [9.17, 15) is 14.3 Å². The zero-order chi connectivity index (χ0) is 14.1. The van der Waals surface area contributed by atoms with Gasteiger partial charge in [0, 0.05) is 5.56 Å². The highest BCUT2D eigenvalue weighted by molar-refractivity contribution is 9.10. The van der Waals surface area contributed by atoms with Gasteiger partial charge in [0.1, 0.15) is 5.82 Å². The first-order valence-electron chi connectivity index (χ1n) is 5.18. The van der Waals surface area contributed by atoms with Crippen LogP contribution in [-0.2, 0) is 11.2 Å². The van der Waals surface area contributed by atoms with Gasteiger partial charge in [-0.1, -0.05) is 0 Å². The molecule has 0 heterocycles. The molecule has 0 amide bonds. The lowest BCUT2D eigenvalue weighted by molar-refractivity contribution is -0.146. The summed E-state index contributed by atoms with van der Waals surface area (Å²) in [6, 6.07) is 1.14. The fraction of sp³-hybridized carbons (Fsp3) is 0.417. The normalized spacial score (nSPS) is 11.4. The summed E-state index contributed by atoms with van der Waals surface area (Å²) in [6.45, 7) is 2.92. The lowest BCUT2D eigenvalue weighted by Gasteiger charge is -2.21. The Bertz CT molecular complexity index is 485. The van der Waals surface area contributed by atoms with Gasteiger partial charge in [-0.15, -0.1) is 0 Å². The zero-order valence-electron chi connectivity index (χ0n) is 10.3. The van der Waals surface area contributed by atoms with Crippen molar-refractivity contribution in [3.8, 4) is 11.5 Å². The largest absolute Gasteiger partial charge is 0.504 e. The number of carbonyl (C=O) groups is 1. The van der Waals surface area contributed by atoms with Crippen molar-refractivity contribution in [3.05, 3.63) is 21.9 Å². The van der Waals surface area contributed by atoms with Crippen molar-refractivity contribution in [2.24, 2.45) is 5.41 Å². The Morgan fingerprint density at radius 1 is 1.56 bits per heavy atom. The molecule has 6 heteroatoms. The lowest BCUT2D eigenvalue weighted by atomic mass is 9.85. The van der Waals surface area contributed by atoms with Crippen molar-refractivity contribution in [2.75, 3.05) is 7.11 Å². The van der Waals surface area contributed by atoms with Crippen LogP contribution >= 0.6 is 15.9 Å². The number of hydrogen-bond donors (Lipinski definition) is 2. The Kier molecular flexibility index (Phi) is 4.21. The molecule has 0 unspecified atom stereocenters. The van der Waals surface area contributed by atoms with Crippen molar-refractivity contribution in [1.82, 2.24) is 0 Å². The molecule has 0 spiro atoms. The van der Waals surface area contributed by atoms with Gasteiger partial charge in [0.2, 0.25) is 0 Å². The number of ether oxygens (including phenoxy) is 1. The maximum Gasteiger partial charge on any atom is 0.309 e. The number of halogens is 2. The molecule has 0 saturated heterocycles. The number of carboxylic acid groups (broad SMARTS) is 1. The summed E-state index contributed by atoms with van der Waals surface area (Å²) in [4.78, 5) is 11.0. The number of rotatable bonds is 4. The Morgan fingerprint density at radius 2 is 2.11 bits per heavy atom. The number of phenols is 1. The molecular formula is C12H14BrFO4. The highest BCUT2D eigenvalue weighted by Crippen LogP contribution is 2.41. The summed E-state index contributed by atoms with van der Waals surface area (Å²) in [7, 11) is 1.34. The van der Waals surface area contributed by atoms with E-state index in [1.807, 2.05) is 0 Å². The molecule has 18 heavy (non-hydrogen) atoms. The first-order chi connectivity index (χ1) is 8.20. The molecule has 0 atom stereocenters. The fourth-order valence-corrected chi connectivity index (χ4v) is 2.06. The number of aromatic hydroxyl groups is 1. The Balaban J connectivity index is 3.30. The summed E-state index contributed by atoms with van der Waals surface area (Å²) in [5.74, 6) is -2.02. The molecule has 0 aliphatic rings. The predicted molar refractivity (Wildman–Crippen MR) is 67.4 cm³/mol. The summed E-state index contributed by atoms with van der Waals surface area (Å²) in [6.07, 6.45) is -0.135. The van der Waals surface area contributed by atoms with E-state index in [1.165, 1.54) is 21.0 Å². The minimum Gasteiger partial charge on any atom is -0.504 e. The first-order valence-corrected chi connectivity index (χ1v) is 5.97. The van der Waals surface area contributed by atoms with Gasteiger partial charge in [0.25, 0.3) is 0 Å². The lowest BCUT2D eigenvalue weighted by Crippen LogP contribution is -2.26. The van der Waals surface area contributed by atoms with Crippen LogP contribution in [-0.4, -0.2) is 23.3 Å². The second-order valence-electron chi connectivity index (χ2n) is 4.57. The van der Waals surface area contributed by atoms with E-state index in [0.29, 0.717) is 0 Å². The quantitative estimate of drug-likeness (QED) is 0.895. The van der Waals surface area contributed by atoms with Gasteiger partial charge in [0.05, 0.1) is 17.0 Å². The Labute approximate surface area is 113 Å². The van der Waals surface area contributed by atoms with Gasteiger partial charge < -0.3 is 14.9 Å². The smallest absolute Gasteiger partial charge is 0.309 e. The van der Waals surface area contributed by atoms with Crippen molar-refractivity contribution >= 4 is 21.9 Å². The van der Waals surface area contributed by atoms with E-state index < -0.39 is 17.2 Å². The first kappa shape index (κ1) is 14.8. The van der Waals surface area contributed by atoms with Crippen LogP contribution in [0.2, 0.25) is 0 Å². The average Bonchev–Trinajstić information content (AvgIpc) is 2.24. The number of carboxylic acids is 1. The van der Waals surface area contributed by atoms with Gasteiger partial charge in [0.15, 0.2) is 11.5 Å². The fourth-order valence-electron chi connectivity index (χ4n) is 1.51. The molecule has 0 bridgehead atoms. The zero-order valence-corrected chi connectivity index (χ0v) is 11.8. The topological polar surface area (TPSA) is 66.8 Å². The second kappa shape index (κ2) is 5.14. The molecular weight excluding hydrogens is 307 g/mol. The Hall–Kier alpha value is -1.30. The van der Waals surface area contributed by atoms with Gasteiger partial charge >= 0.3 is 5.97 Å². The van der Waals surface area contributed by atoms with E-state index in [1.54, 1.807) is 0 Å². The molecule has 2 N–H and O–H groups in total. The Morgan fingerprint density at radius 3 is 2.56 bits per heavy atom. The van der Waals surface area contributed by atoms with Crippen molar-refractivity contribution in [2.45, 2.75) is 20.3 Å². The summed E-state index contributed by atoms with van der Waals surface area (Å²) in [5, 5.41) is 18.9. The van der Waals surface area contributed by atoms with Gasteiger partial charge in [-0.2, -0.15) is 0 Å². The maximum atomic E-state index is 13.8. The maximum absolute atomic E-state index is 13.8. The highest BCUT2D eigenvalue weighted by atomic mass is 79.9. The second-order valence-corrected chi connectivity index (χ2v) is 5.42. The van der Waals surface area contributed by atoms with E-state index in [0.717, 1.165) is 6.07 Å². The average molecular weight is 321 g/mol. The molecule has 4 nitrogen and oxygen atoms in total. The molecule has 0 aliphatic heterocycles. The van der Waals surface area contributed by atoms with Crippen LogP contribution in [0.15, 0.2) is 10.5 Å². The number of benzene rings is 1. The molecule has 1 rings (SSSR count). The third-order valence-corrected chi connectivity index (χ3v) is 3.25. The molecule has 0 aliphatic carbocycles. The van der Waals surface area contributed by atoms with Gasteiger partial charge in [-0.25, -0.2) is 4.39 Å². The van der Waals surface area contributed by atoms with E-state index in [4.69, 9.17) is 9.84 Å². The monoisotopic (exact) mass is 320 g/mol. The third kappa shape index (κ3) is 2.75. The van der Waals surface area contributed by atoms with Gasteiger partial charge in [-0.3, -0.25) is 4.79 Å². The number of hydrogen-bond acceptors (Lipinski definition) is 3. The predicted octanol–water partition coefficient (Wildman–Crippen LogP) is 2.96. The van der Waals surface area contributed by atoms with Crippen LogP contribution in [0.5, 0.6) is 11.5 Å². The van der Waals surface area contributed by atoms with Crippen molar-refractivity contribution in [1.29, 1.82) is 0 Å². The number of aliphatic carboxylic acids is 1.